The lowest BCUT2D eigenvalue weighted by atomic mass is 10.1. The molecule has 0 radical (unpaired) electrons. The van der Waals surface area contributed by atoms with E-state index in [1.54, 1.807) is 35.0 Å². The molecule has 2 amide bonds. The fraction of sp³-hybridized carbons (Fsp3) is 0.235. The minimum atomic E-state index is -0.357. The van der Waals surface area contributed by atoms with Crippen molar-refractivity contribution in [2.45, 2.75) is 11.3 Å². The number of carbonyl (C=O) groups excluding carboxylic acids is 2. The van der Waals surface area contributed by atoms with Crippen molar-refractivity contribution in [1.82, 2.24) is 4.98 Å². The van der Waals surface area contributed by atoms with Crippen molar-refractivity contribution in [3.05, 3.63) is 48.7 Å². The maximum atomic E-state index is 12.3. The van der Waals surface area contributed by atoms with Crippen LogP contribution >= 0.6 is 11.8 Å². The number of carbonyl (C=O) groups is 2. The lowest BCUT2D eigenvalue weighted by Gasteiger charge is -2.17. The van der Waals surface area contributed by atoms with Gasteiger partial charge in [-0.3, -0.25) is 9.59 Å². The molecule has 1 aliphatic heterocycles. The molecule has 1 aliphatic rings. The van der Waals surface area contributed by atoms with Crippen molar-refractivity contribution in [3.8, 4) is 0 Å². The molecule has 3 rings (SSSR count). The van der Waals surface area contributed by atoms with E-state index in [9.17, 15) is 9.59 Å². The largest absolute Gasteiger partial charge is 0.312 e. The Morgan fingerprint density at radius 1 is 1.26 bits per heavy atom. The number of hydrogen-bond donors (Lipinski definition) is 1. The molecule has 1 N–H and O–H groups in total. The molecule has 1 fully saturated rings. The maximum Gasteiger partial charge on any atom is 0.230 e. The molecule has 0 bridgehead atoms. The summed E-state index contributed by atoms with van der Waals surface area (Å²) in [6.45, 7) is 0.399. The number of nitrogens with one attached hydrogen (secondary N) is 1. The van der Waals surface area contributed by atoms with Gasteiger partial charge in [0, 0.05) is 29.7 Å². The van der Waals surface area contributed by atoms with Gasteiger partial charge in [0.1, 0.15) is 5.82 Å². The molecule has 1 atom stereocenters. The van der Waals surface area contributed by atoms with Crippen molar-refractivity contribution < 1.29 is 9.59 Å². The Morgan fingerprint density at radius 2 is 2.04 bits per heavy atom. The number of pyridine rings is 1. The summed E-state index contributed by atoms with van der Waals surface area (Å²) in [4.78, 5) is 31.4. The number of aromatic nitrogens is 1. The summed E-state index contributed by atoms with van der Waals surface area (Å²) in [5.74, 6) is -0.0409. The number of rotatable bonds is 4. The zero-order chi connectivity index (χ0) is 16.2. The zero-order valence-electron chi connectivity index (χ0n) is 12.7. The van der Waals surface area contributed by atoms with E-state index in [4.69, 9.17) is 0 Å². The molecule has 2 aromatic rings. The van der Waals surface area contributed by atoms with Crippen LogP contribution in [-0.4, -0.2) is 29.6 Å². The fourth-order valence-electron chi connectivity index (χ4n) is 2.56. The fourth-order valence-corrected chi connectivity index (χ4v) is 2.97. The number of benzene rings is 1. The Kier molecular flexibility index (Phi) is 4.62. The van der Waals surface area contributed by atoms with Crippen LogP contribution in [0.25, 0.3) is 0 Å². The normalized spacial score (nSPS) is 17.3. The zero-order valence-corrected chi connectivity index (χ0v) is 13.5. The molecule has 6 heteroatoms. The van der Waals surface area contributed by atoms with E-state index in [1.165, 1.54) is 0 Å². The third kappa shape index (κ3) is 3.53. The molecular weight excluding hydrogens is 310 g/mol. The first-order valence-electron chi connectivity index (χ1n) is 7.33. The number of amides is 2. The van der Waals surface area contributed by atoms with E-state index in [0.29, 0.717) is 12.4 Å². The van der Waals surface area contributed by atoms with Crippen LogP contribution in [0.1, 0.15) is 6.42 Å². The third-order valence-electron chi connectivity index (χ3n) is 3.80. The second-order valence-corrected chi connectivity index (χ2v) is 6.19. The van der Waals surface area contributed by atoms with Crippen LogP contribution in [0.15, 0.2) is 53.6 Å². The van der Waals surface area contributed by atoms with Crippen molar-refractivity contribution in [3.63, 3.8) is 0 Å². The number of hydrogen-bond acceptors (Lipinski definition) is 4. The molecule has 0 aliphatic carbocycles. The number of anilines is 2. The first-order chi connectivity index (χ1) is 11.2. The molecule has 1 aromatic heterocycles. The van der Waals surface area contributed by atoms with Crippen molar-refractivity contribution in [1.29, 1.82) is 0 Å². The lowest BCUT2D eigenvalue weighted by molar-refractivity contribution is -0.122. The summed E-state index contributed by atoms with van der Waals surface area (Å²) in [7, 11) is 0. The van der Waals surface area contributed by atoms with E-state index in [-0.39, 0.29) is 24.2 Å². The summed E-state index contributed by atoms with van der Waals surface area (Å²) in [5.41, 5.74) is 0.834. The van der Waals surface area contributed by atoms with Gasteiger partial charge in [0.15, 0.2) is 0 Å². The van der Waals surface area contributed by atoms with Gasteiger partial charge in [0.2, 0.25) is 11.8 Å². The first-order valence-corrected chi connectivity index (χ1v) is 8.56. The predicted molar refractivity (Wildman–Crippen MR) is 91.5 cm³/mol. The molecule has 1 saturated heterocycles. The van der Waals surface area contributed by atoms with Gasteiger partial charge in [0.05, 0.1) is 5.92 Å². The van der Waals surface area contributed by atoms with E-state index in [1.807, 2.05) is 36.6 Å². The Labute approximate surface area is 139 Å². The van der Waals surface area contributed by atoms with Gasteiger partial charge in [0.25, 0.3) is 0 Å². The molecule has 118 valence electrons. The number of nitrogens with zero attached hydrogens (tertiary/aromatic N) is 2. The molecule has 5 nitrogen and oxygen atoms in total. The Morgan fingerprint density at radius 3 is 2.70 bits per heavy atom. The smallest absolute Gasteiger partial charge is 0.230 e. The highest BCUT2D eigenvalue weighted by molar-refractivity contribution is 7.98. The van der Waals surface area contributed by atoms with Gasteiger partial charge in [-0.25, -0.2) is 4.98 Å². The Bertz CT molecular complexity index is 704. The average molecular weight is 327 g/mol. The topological polar surface area (TPSA) is 62.3 Å². The van der Waals surface area contributed by atoms with Gasteiger partial charge in [-0.1, -0.05) is 6.07 Å². The molecule has 0 spiro atoms. The molecule has 23 heavy (non-hydrogen) atoms. The second-order valence-electron chi connectivity index (χ2n) is 5.31. The number of thioether (sulfide) groups is 1. The van der Waals surface area contributed by atoms with Gasteiger partial charge in [-0.2, -0.15) is 0 Å². The monoisotopic (exact) mass is 327 g/mol. The van der Waals surface area contributed by atoms with Crippen LogP contribution in [0.3, 0.4) is 0 Å². The Balaban J connectivity index is 1.67. The summed E-state index contributed by atoms with van der Waals surface area (Å²) in [5, 5.41) is 2.76. The van der Waals surface area contributed by atoms with Crippen LogP contribution in [0.4, 0.5) is 11.5 Å². The first kappa shape index (κ1) is 15.6. The second kappa shape index (κ2) is 6.83. The summed E-state index contributed by atoms with van der Waals surface area (Å²) in [6.07, 6.45) is 3.85. The van der Waals surface area contributed by atoms with Crippen LogP contribution in [0, 0.1) is 5.92 Å². The highest BCUT2D eigenvalue weighted by atomic mass is 32.2. The Hall–Kier alpha value is -2.34. The third-order valence-corrected chi connectivity index (χ3v) is 4.54. The van der Waals surface area contributed by atoms with Gasteiger partial charge >= 0.3 is 0 Å². The van der Waals surface area contributed by atoms with Crippen molar-refractivity contribution in [2.75, 3.05) is 23.0 Å². The van der Waals surface area contributed by atoms with E-state index in [0.717, 1.165) is 10.6 Å². The van der Waals surface area contributed by atoms with Crippen LogP contribution in [0.2, 0.25) is 0 Å². The van der Waals surface area contributed by atoms with Crippen LogP contribution < -0.4 is 10.2 Å². The highest BCUT2D eigenvalue weighted by Gasteiger charge is 2.35. The summed E-state index contributed by atoms with van der Waals surface area (Å²) in [6, 6.07) is 13.1. The van der Waals surface area contributed by atoms with E-state index < -0.39 is 0 Å². The van der Waals surface area contributed by atoms with Gasteiger partial charge in [-0.05, 0) is 42.7 Å². The van der Waals surface area contributed by atoms with Crippen LogP contribution in [-0.2, 0) is 9.59 Å². The highest BCUT2D eigenvalue weighted by Crippen LogP contribution is 2.27. The van der Waals surface area contributed by atoms with E-state index >= 15 is 0 Å². The summed E-state index contributed by atoms with van der Waals surface area (Å²) >= 11 is 1.65. The molecule has 1 aromatic carbocycles. The maximum absolute atomic E-state index is 12.3. The average Bonchev–Trinajstić information content (AvgIpc) is 2.98. The molecule has 0 unspecified atom stereocenters. The lowest BCUT2D eigenvalue weighted by Crippen LogP contribution is -2.28. The SMILES string of the molecule is CSc1ccc(N2C[C@@H](C(=O)Nc3ccccn3)CC2=O)cc1. The standard InChI is InChI=1S/C17H17N3O2S/c1-23-14-7-5-13(6-8-14)20-11-12(10-16(20)21)17(22)19-15-4-2-3-9-18-15/h2-9,12H,10-11H2,1H3,(H,18,19,22)/t12-/m0/s1. The summed E-state index contributed by atoms with van der Waals surface area (Å²) < 4.78 is 0. The quantitative estimate of drug-likeness (QED) is 0.877. The van der Waals surface area contributed by atoms with Crippen molar-refractivity contribution >= 4 is 35.1 Å². The predicted octanol–water partition coefficient (Wildman–Crippen LogP) is 2.80. The molecular formula is C17H17N3O2S. The van der Waals surface area contributed by atoms with Gasteiger partial charge in [-0.15, -0.1) is 11.8 Å². The van der Waals surface area contributed by atoms with Gasteiger partial charge < -0.3 is 10.2 Å². The van der Waals surface area contributed by atoms with Crippen LogP contribution in [0.5, 0.6) is 0 Å². The van der Waals surface area contributed by atoms with Crippen molar-refractivity contribution in [2.24, 2.45) is 5.92 Å². The molecule has 2 heterocycles. The minimum absolute atomic E-state index is 0.0249. The van der Waals surface area contributed by atoms with E-state index in [2.05, 4.69) is 10.3 Å². The molecule has 0 saturated carbocycles. The minimum Gasteiger partial charge on any atom is -0.312 e.